The van der Waals surface area contributed by atoms with Gasteiger partial charge in [-0.2, -0.15) is 0 Å². The van der Waals surface area contributed by atoms with E-state index in [1.54, 1.807) is 0 Å². The lowest BCUT2D eigenvalue weighted by Gasteiger charge is -2.24. The van der Waals surface area contributed by atoms with Crippen molar-refractivity contribution in [1.29, 1.82) is 0 Å². The maximum Gasteiger partial charge on any atom is 0.112 e. The van der Waals surface area contributed by atoms with Crippen molar-refractivity contribution in [1.82, 2.24) is 14.9 Å². The monoisotopic (exact) mass is 249 g/mol. The Bertz CT molecular complexity index is 407. The van der Waals surface area contributed by atoms with E-state index in [2.05, 4.69) is 9.88 Å². The van der Waals surface area contributed by atoms with Crippen molar-refractivity contribution in [3.05, 3.63) is 17.2 Å². The second-order valence-corrected chi connectivity index (χ2v) is 5.39. The Morgan fingerprint density at radius 3 is 2.94 bits per heavy atom. The third-order valence-corrected chi connectivity index (χ3v) is 4.16. The maximum absolute atomic E-state index is 5.47. The van der Waals surface area contributed by atoms with Gasteiger partial charge in [-0.15, -0.1) is 0 Å². The van der Waals surface area contributed by atoms with E-state index in [0.717, 1.165) is 32.6 Å². The summed E-state index contributed by atoms with van der Waals surface area (Å²) in [5.74, 6) is 1.94. The molecule has 3 rings (SSSR count). The molecule has 0 aromatic carbocycles. The highest BCUT2D eigenvalue weighted by Gasteiger charge is 2.26. The van der Waals surface area contributed by atoms with E-state index >= 15 is 0 Å². The Kier molecular flexibility index (Phi) is 3.66. The molecule has 0 radical (unpaired) electrons. The highest BCUT2D eigenvalue weighted by atomic mass is 16.5. The fourth-order valence-corrected chi connectivity index (χ4v) is 3.22. The lowest BCUT2D eigenvalue weighted by atomic mass is 9.99. The zero-order valence-corrected chi connectivity index (χ0v) is 11.2. The Labute approximate surface area is 109 Å². The van der Waals surface area contributed by atoms with E-state index in [9.17, 15) is 0 Å². The van der Waals surface area contributed by atoms with Gasteiger partial charge in [0.1, 0.15) is 5.82 Å². The molecule has 4 nitrogen and oxygen atoms in total. The number of hydrogen-bond acceptors (Lipinski definition) is 3. The number of nitrogens with one attached hydrogen (secondary N) is 1. The minimum Gasteiger partial charge on any atom is -0.381 e. The number of nitrogens with zero attached hydrogens (tertiary/aromatic N) is 2. The predicted molar refractivity (Wildman–Crippen MR) is 70.7 cm³/mol. The van der Waals surface area contributed by atoms with Crippen molar-refractivity contribution >= 4 is 0 Å². The van der Waals surface area contributed by atoms with Gasteiger partial charge >= 0.3 is 0 Å². The van der Waals surface area contributed by atoms with Crippen LogP contribution in [0.25, 0.3) is 0 Å². The van der Waals surface area contributed by atoms with Crippen LogP contribution < -0.4 is 5.32 Å². The van der Waals surface area contributed by atoms with Gasteiger partial charge < -0.3 is 14.6 Å². The van der Waals surface area contributed by atoms with Gasteiger partial charge in [0.15, 0.2) is 0 Å². The van der Waals surface area contributed by atoms with E-state index < -0.39 is 0 Å². The van der Waals surface area contributed by atoms with Gasteiger partial charge in [-0.1, -0.05) is 0 Å². The van der Waals surface area contributed by atoms with Crippen molar-refractivity contribution in [2.24, 2.45) is 0 Å². The summed E-state index contributed by atoms with van der Waals surface area (Å²) >= 11 is 0. The number of imidazole rings is 1. The molecule has 0 unspecified atom stereocenters. The van der Waals surface area contributed by atoms with Gasteiger partial charge in [0.25, 0.3) is 0 Å². The molecule has 1 aromatic heterocycles. The molecule has 0 saturated carbocycles. The topological polar surface area (TPSA) is 39.1 Å². The molecular formula is C14H23N3O. The molecule has 18 heavy (non-hydrogen) atoms. The number of fused-ring (bicyclic) bond motifs is 1. The summed E-state index contributed by atoms with van der Waals surface area (Å²) < 4.78 is 7.98. The molecule has 0 amide bonds. The van der Waals surface area contributed by atoms with Crippen LogP contribution in [0.4, 0.5) is 0 Å². The van der Waals surface area contributed by atoms with E-state index in [0.29, 0.717) is 5.92 Å². The minimum absolute atomic E-state index is 0.612. The first kappa shape index (κ1) is 12.2. The zero-order chi connectivity index (χ0) is 12.4. The van der Waals surface area contributed by atoms with Crippen LogP contribution in [0.2, 0.25) is 0 Å². The van der Waals surface area contributed by atoms with Crippen molar-refractivity contribution in [2.45, 2.75) is 51.1 Å². The molecule has 1 saturated heterocycles. The third-order valence-electron chi connectivity index (χ3n) is 4.16. The fraction of sp³-hybridized carbons (Fsp3) is 0.786. The molecule has 100 valence electrons. The lowest BCUT2D eigenvalue weighted by Crippen LogP contribution is -2.20. The number of ether oxygens (including phenoxy) is 1. The van der Waals surface area contributed by atoms with Gasteiger partial charge in [-0.25, -0.2) is 4.98 Å². The Hall–Kier alpha value is -0.870. The number of hydrogen-bond donors (Lipinski definition) is 1. The molecule has 1 N–H and O–H groups in total. The van der Waals surface area contributed by atoms with Gasteiger partial charge in [-0.05, 0) is 39.2 Å². The summed E-state index contributed by atoms with van der Waals surface area (Å²) in [5, 5.41) is 3.25. The first-order valence-electron chi connectivity index (χ1n) is 7.20. The molecule has 1 aromatic rings. The summed E-state index contributed by atoms with van der Waals surface area (Å²) in [6, 6.07) is 0. The molecule has 0 atom stereocenters. The molecule has 2 aliphatic heterocycles. The molecule has 0 aliphatic carbocycles. The molecule has 2 aliphatic rings. The van der Waals surface area contributed by atoms with Gasteiger partial charge in [0, 0.05) is 37.9 Å². The van der Waals surface area contributed by atoms with E-state index in [1.807, 2.05) is 7.05 Å². The first-order valence-corrected chi connectivity index (χ1v) is 7.20. The third kappa shape index (κ3) is 2.19. The van der Waals surface area contributed by atoms with Crippen molar-refractivity contribution < 1.29 is 4.74 Å². The maximum atomic E-state index is 5.47. The molecule has 4 heteroatoms. The summed E-state index contributed by atoms with van der Waals surface area (Å²) in [6.07, 6.45) is 6.09. The molecule has 3 heterocycles. The Balaban J connectivity index is 1.92. The highest BCUT2D eigenvalue weighted by molar-refractivity contribution is 5.21. The van der Waals surface area contributed by atoms with Crippen LogP contribution >= 0.6 is 0 Å². The van der Waals surface area contributed by atoms with Crippen molar-refractivity contribution in [2.75, 3.05) is 20.3 Å². The number of aromatic nitrogens is 2. The SMILES string of the molecule is CNCc1nc(C2CCOCC2)n2c1CCCC2. The van der Waals surface area contributed by atoms with Gasteiger partial charge in [-0.3, -0.25) is 0 Å². The van der Waals surface area contributed by atoms with Crippen molar-refractivity contribution in [3.63, 3.8) is 0 Å². The Morgan fingerprint density at radius 2 is 2.17 bits per heavy atom. The molecule has 0 spiro atoms. The standard InChI is InChI=1S/C14H23N3O/c1-15-10-12-13-4-2-3-7-17(13)14(16-12)11-5-8-18-9-6-11/h11,15H,2-10H2,1H3. The zero-order valence-electron chi connectivity index (χ0n) is 11.2. The largest absolute Gasteiger partial charge is 0.381 e. The smallest absolute Gasteiger partial charge is 0.112 e. The van der Waals surface area contributed by atoms with Crippen molar-refractivity contribution in [3.8, 4) is 0 Å². The van der Waals surface area contributed by atoms with Crippen LogP contribution in [0, 0.1) is 0 Å². The normalized spacial score (nSPS) is 20.9. The number of rotatable bonds is 3. The second kappa shape index (κ2) is 5.41. The van der Waals surface area contributed by atoms with Crippen LogP contribution in [-0.2, 0) is 24.2 Å². The van der Waals surface area contributed by atoms with E-state index in [4.69, 9.17) is 9.72 Å². The highest BCUT2D eigenvalue weighted by Crippen LogP contribution is 2.30. The molecular weight excluding hydrogens is 226 g/mol. The van der Waals surface area contributed by atoms with E-state index in [1.165, 1.54) is 43.0 Å². The molecule has 0 bridgehead atoms. The second-order valence-electron chi connectivity index (χ2n) is 5.39. The Morgan fingerprint density at radius 1 is 1.33 bits per heavy atom. The summed E-state index contributed by atoms with van der Waals surface area (Å²) in [7, 11) is 2.00. The van der Waals surface area contributed by atoms with E-state index in [-0.39, 0.29) is 0 Å². The first-order chi connectivity index (χ1) is 8.90. The van der Waals surface area contributed by atoms with Crippen LogP contribution in [0.5, 0.6) is 0 Å². The fourth-order valence-electron chi connectivity index (χ4n) is 3.22. The average molecular weight is 249 g/mol. The minimum atomic E-state index is 0.612. The summed E-state index contributed by atoms with van der Waals surface area (Å²) in [5.41, 5.74) is 2.76. The lowest BCUT2D eigenvalue weighted by molar-refractivity contribution is 0.0826. The van der Waals surface area contributed by atoms with Crippen LogP contribution in [0.15, 0.2) is 0 Å². The van der Waals surface area contributed by atoms with Crippen LogP contribution in [-0.4, -0.2) is 29.8 Å². The van der Waals surface area contributed by atoms with Crippen LogP contribution in [0.1, 0.15) is 48.8 Å². The predicted octanol–water partition coefficient (Wildman–Crippen LogP) is 1.83. The summed E-state index contributed by atoms with van der Waals surface area (Å²) in [6.45, 7) is 3.86. The molecule has 1 fully saturated rings. The van der Waals surface area contributed by atoms with Gasteiger partial charge in [0.05, 0.1) is 5.69 Å². The van der Waals surface area contributed by atoms with Crippen LogP contribution in [0.3, 0.4) is 0 Å². The quantitative estimate of drug-likeness (QED) is 0.888. The average Bonchev–Trinajstić information content (AvgIpc) is 2.80. The summed E-state index contributed by atoms with van der Waals surface area (Å²) in [4.78, 5) is 4.95. The van der Waals surface area contributed by atoms with Gasteiger partial charge in [0.2, 0.25) is 0 Å².